The van der Waals surface area contributed by atoms with E-state index in [1.165, 1.54) is 10.8 Å². The molecule has 0 aromatic carbocycles. The molecule has 0 spiro atoms. The van der Waals surface area contributed by atoms with Crippen LogP contribution in [0.4, 0.5) is 0 Å². The van der Waals surface area contributed by atoms with Crippen molar-refractivity contribution in [3.8, 4) is 0 Å². The first-order valence-corrected chi connectivity index (χ1v) is 4.61. The highest BCUT2D eigenvalue weighted by Crippen LogP contribution is 2.08. The van der Waals surface area contributed by atoms with E-state index < -0.39 is 0 Å². The molecule has 2 aromatic heterocycles. The summed E-state index contributed by atoms with van der Waals surface area (Å²) in [4.78, 5) is 19.1. The fourth-order valence-corrected chi connectivity index (χ4v) is 1.26. The molecule has 0 bridgehead atoms. The van der Waals surface area contributed by atoms with Crippen LogP contribution >= 0.6 is 0 Å². The van der Waals surface area contributed by atoms with Gasteiger partial charge in [0.1, 0.15) is 12.3 Å². The number of oxazole rings is 1. The predicted octanol–water partition coefficient (Wildman–Crippen LogP) is 0.896. The van der Waals surface area contributed by atoms with Gasteiger partial charge in [0.2, 0.25) is 5.89 Å². The van der Waals surface area contributed by atoms with Gasteiger partial charge >= 0.3 is 5.69 Å². The molecule has 0 aliphatic carbocycles. The summed E-state index contributed by atoms with van der Waals surface area (Å²) < 4.78 is 6.82. The zero-order chi connectivity index (χ0) is 10.8. The average molecular weight is 205 g/mol. The summed E-state index contributed by atoms with van der Waals surface area (Å²) in [6, 6.07) is 1.70. The van der Waals surface area contributed by atoms with Crippen LogP contribution in [0, 0.1) is 13.8 Å². The summed E-state index contributed by atoms with van der Waals surface area (Å²) in [5.41, 5.74) is 0.549. The molecule has 0 atom stereocenters. The third kappa shape index (κ3) is 1.96. The van der Waals surface area contributed by atoms with Gasteiger partial charge in [-0.1, -0.05) is 0 Å². The van der Waals surface area contributed by atoms with Gasteiger partial charge in [0.15, 0.2) is 0 Å². The molecule has 0 aliphatic heterocycles. The number of hydrogen-bond acceptors (Lipinski definition) is 4. The van der Waals surface area contributed by atoms with Crippen molar-refractivity contribution in [1.29, 1.82) is 0 Å². The van der Waals surface area contributed by atoms with Crippen LogP contribution in [-0.2, 0) is 6.54 Å². The van der Waals surface area contributed by atoms with Crippen LogP contribution in [0.1, 0.15) is 17.3 Å². The maximum Gasteiger partial charge on any atom is 0.347 e. The van der Waals surface area contributed by atoms with E-state index in [0.29, 0.717) is 12.4 Å². The Balaban J connectivity index is 2.30. The molecule has 2 heterocycles. The van der Waals surface area contributed by atoms with Gasteiger partial charge in [-0.05, 0) is 19.9 Å². The molecule has 0 saturated heterocycles. The summed E-state index contributed by atoms with van der Waals surface area (Å²) in [6.07, 6.45) is 3.12. The fraction of sp³-hybridized carbons (Fsp3) is 0.300. The van der Waals surface area contributed by atoms with E-state index in [4.69, 9.17) is 4.42 Å². The van der Waals surface area contributed by atoms with E-state index in [1.807, 2.05) is 13.8 Å². The summed E-state index contributed by atoms with van der Waals surface area (Å²) in [5.74, 6) is 1.31. The van der Waals surface area contributed by atoms with Crippen LogP contribution in [0.5, 0.6) is 0 Å². The number of aryl methyl sites for hydroxylation is 2. The lowest BCUT2D eigenvalue weighted by Gasteiger charge is -1.98. The van der Waals surface area contributed by atoms with E-state index in [0.717, 1.165) is 11.5 Å². The van der Waals surface area contributed by atoms with Gasteiger partial charge in [-0.15, -0.1) is 0 Å². The number of aromatic nitrogens is 3. The second-order valence-electron chi connectivity index (χ2n) is 3.28. The molecule has 0 aliphatic rings. The second-order valence-corrected chi connectivity index (χ2v) is 3.28. The minimum Gasteiger partial charge on any atom is -0.444 e. The Hall–Kier alpha value is -1.91. The largest absolute Gasteiger partial charge is 0.444 e. The van der Waals surface area contributed by atoms with E-state index in [-0.39, 0.29) is 5.69 Å². The third-order valence-electron chi connectivity index (χ3n) is 2.16. The molecule has 15 heavy (non-hydrogen) atoms. The van der Waals surface area contributed by atoms with Crippen LogP contribution in [0.2, 0.25) is 0 Å². The molecule has 0 saturated carbocycles. The molecule has 0 unspecified atom stereocenters. The summed E-state index contributed by atoms with van der Waals surface area (Å²) in [7, 11) is 0. The predicted molar refractivity (Wildman–Crippen MR) is 53.6 cm³/mol. The number of hydrogen-bond donors (Lipinski definition) is 0. The molecule has 0 N–H and O–H groups in total. The molecule has 2 aromatic rings. The first kappa shape index (κ1) is 9.64. The first-order valence-electron chi connectivity index (χ1n) is 4.61. The highest BCUT2D eigenvalue weighted by molar-refractivity contribution is 5.05. The highest BCUT2D eigenvalue weighted by atomic mass is 16.4. The lowest BCUT2D eigenvalue weighted by molar-refractivity contribution is 0.452. The Morgan fingerprint density at radius 2 is 2.27 bits per heavy atom. The molecular weight excluding hydrogens is 194 g/mol. The summed E-state index contributed by atoms with van der Waals surface area (Å²) in [5, 5.41) is 0. The van der Waals surface area contributed by atoms with Gasteiger partial charge in [-0.3, -0.25) is 4.57 Å². The van der Waals surface area contributed by atoms with Crippen molar-refractivity contribution in [2.24, 2.45) is 0 Å². The third-order valence-corrected chi connectivity index (χ3v) is 2.16. The van der Waals surface area contributed by atoms with Crippen LogP contribution in [0.3, 0.4) is 0 Å². The Morgan fingerprint density at radius 1 is 1.47 bits per heavy atom. The monoisotopic (exact) mass is 205 g/mol. The van der Waals surface area contributed by atoms with Gasteiger partial charge < -0.3 is 4.42 Å². The maximum atomic E-state index is 11.3. The van der Waals surface area contributed by atoms with Crippen molar-refractivity contribution >= 4 is 0 Å². The molecule has 0 fully saturated rings. The summed E-state index contributed by atoms with van der Waals surface area (Å²) >= 11 is 0. The fourth-order valence-electron chi connectivity index (χ4n) is 1.26. The highest BCUT2D eigenvalue weighted by Gasteiger charge is 2.06. The molecule has 5 heteroatoms. The lowest BCUT2D eigenvalue weighted by atomic mass is 10.4. The van der Waals surface area contributed by atoms with Crippen molar-refractivity contribution in [2.75, 3.05) is 0 Å². The maximum absolute atomic E-state index is 11.3. The van der Waals surface area contributed by atoms with Crippen molar-refractivity contribution < 1.29 is 4.42 Å². The van der Waals surface area contributed by atoms with Gasteiger partial charge in [0.05, 0.1) is 5.69 Å². The van der Waals surface area contributed by atoms with Gasteiger partial charge in [0, 0.05) is 12.4 Å². The molecule has 5 nitrogen and oxygen atoms in total. The number of nitrogens with zero attached hydrogens (tertiary/aromatic N) is 3. The zero-order valence-electron chi connectivity index (χ0n) is 8.60. The quantitative estimate of drug-likeness (QED) is 0.730. The van der Waals surface area contributed by atoms with Gasteiger partial charge in [-0.2, -0.15) is 0 Å². The summed E-state index contributed by atoms with van der Waals surface area (Å²) in [6.45, 7) is 4.04. The van der Waals surface area contributed by atoms with E-state index >= 15 is 0 Å². The van der Waals surface area contributed by atoms with Crippen molar-refractivity contribution in [3.05, 3.63) is 46.3 Å². The van der Waals surface area contributed by atoms with Gasteiger partial charge in [-0.25, -0.2) is 14.8 Å². The van der Waals surface area contributed by atoms with Crippen LogP contribution in [0.25, 0.3) is 0 Å². The van der Waals surface area contributed by atoms with E-state index in [1.54, 1.807) is 12.3 Å². The molecular formula is C10H11N3O2. The van der Waals surface area contributed by atoms with Crippen molar-refractivity contribution in [3.63, 3.8) is 0 Å². The minimum absolute atomic E-state index is 0.300. The van der Waals surface area contributed by atoms with Crippen molar-refractivity contribution in [1.82, 2.24) is 14.5 Å². The Labute approximate surface area is 86.4 Å². The molecule has 0 amide bonds. The van der Waals surface area contributed by atoms with E-state index in [9.17, 15) is 4.79 Å². The minimum atomic E-state index is -0.300. The first-order chi connectivity index (χ1) is 7.16. The van der Waals surface area contributed by atoms with Gasteiger partial charge in [0.25, 0.3) is 0 Å². The lowest BCUT2D eigenvalue weighted by Crippen LogP contribution is -2.21. The zero-order valence-corrected chi connectivity index (χ0v) is 8.60. The smallest absolute Gasteiger partial charge is 0.347 e. The molecule has 78 valence electrons. The Kier molecular flexibility index (Phi) is 2.37. The van der Waals surface area contributed by atoms with Crippen LogP contribution in [-0.4, -0.2) is 14.5 Å². The van der Waals surface area contributed by atoms with Crippen LogP contribution < -0.4 is 5.69 Å². The number of rotatable bonds is 2. The van der Waals surface area contributed by atoms with E-state index in [2.05, 4.69) is 9.97 Å². The topological polar surface area (TPSA) is 60.9 Å². The standard InChI is InChI=1S/C10H11N3O2/c1-7-8(2)15-9(12-7)6-13-5-3-4-11-10(13)14/h3-5H,6H2,1-2H3. The Bertz CT molecular complexity index is 508. The average Bonchev–Trinajstić information content (AvgIpc) is 2.50. The normalized spacial score (nSPS) is 10.5. The second kappa shape index (κ2) is 3.68. The van der Waals surface area contributed by atoms with Crippen LogP contribution in [0.15, 0.2) is 27.7 Å². The Morgan fingerprint density at radius 3 is 2.87 bits per heavy atom. The SMILES string of the molecule is Cc1nc(Cn2cccnc2=O)oc1C. The van der Waals surface area contributed by atoms with Crippen molar-refractivity contribution in [2.45, 2.75) is 20.4 Å². The molecule has 0 radical (unpaired) electrons. The molecule has 2 rings (SSSR count).